The molecule has 0 spiro atoms. The van der Waals surface area contributed by atoms with Gasteiger partial charge in [-0.25, -0.2) is 0 Å². The van der Waals surface area contributed by atoms with Crippen LogP contribution in [0.5, 0.6) is 5.75 Å². The minimum atomic E-state index is -0.672. The van der Waals surface area contributed by atoms with Gasteiger partial charge in [-0.3, -0.25) is 0 Å². The number of aliphatic hydroxyl groups is 1. The highest BCUT2D eigenvalue weighted by Crippen LogP contribution is 2.35. The molecule has 0 radical (unpaired) electrons. The minimum Gasteiger partial charge on any atom is -0.497 e. The molecule has 0 heterocycles. The molecule has 1 N–H and O–H groups in total. The van der Waals surface area contributed by atoms with E-state index in [1.807, 2.05) is 18.2 Å². The van der Waals surface area contributed by atoms with Crippen molar-refractivity contribution < 1.29 is 9.84 Å². The first-order chi connectivity index (χ1) is 7.26. The van der Waals surface area contributed by atoms with Crippen molar-refractivity contribution in [2.45, 2.75) is 18.9 Å². The Labute approximate surface area is 88.9 Å². The van der Waals surface area contributed by atoms with Crippen molar-refractivity contribution in [3.8, 4) is 11.8 Å². The van der Waals surface area contributed by atoms with E-state index >= 15 is 0 Å². The summed E-state index contributed by atoms with van der Waals surface area (Å²) in [5, 5.41) is 18.8. The monoisotopic (exact) mass is 203 g/mol. The number of rotatable bonds is 1. The SMILES string of the molecule is COc1ccc2c(c1)[C@@H](O)[C@@H](C#N)CC2. The lowest BCUT2D eigenvalue weighted by molar-refractivity contribution is 0.121. The lowest BCUT2D eigenvalue weighted by Crippen LogP contribution is -2.19. The fraction of sp³-hybridized carbons (Fsp3) is 0.417. The van der Waals surface area contributed by atoms with Crippen LogP contribution in [0.2, 0.25) is 0 Å². The Kier molecular flexibility index (Phi) is 2.61. The number of methoxy groups -OCH3 is 1. The average Bonchev–Trinajstić information content (AvgIpc) is 2.29. The Morgan fingerprint density at radius 3 is 3.00 bits per heavy atom. The van der Waals surface area contributed by atoms with Crippen molar-refractivity contribution in [3.05, 3.63) is 29.3 Å². The standard InChI is InChI=1S/C12H13NO2/c1-15-10-5-4-8-2-3-9(7-13)12(14)11(8)6-10/h4-6,9,12,14H,2-3H2,1H3/t9-,12+/m1/s1. The van der Waals surface area contributed by atoms with Crippen molar-refractivity contribution in [1.29, 1.82) is 5.26 Å². The molecular formula is C12H13NO2. The van der Waals surface area contributed by atoms with Crippen LogP contribution in [0.3, 0.4) is 0 Å². The van der Waals surface area contributed by atoms with E-state index in [0.29, 0.717) is 0 Å². The van der Waals surface area contributed by atoms with E-state index in [9.17, 15) is 5.11 Å². The summed E-state index contributed by atoms with van der Waals surface area (Å²) in [6.07, 6.45) is 0.917. The maximum Gasteiger partial charge on any atom is 0.119 e. The summed E-state index contributed by atoms with van der Waals surface area (Å²) in [5.74, 6) is 0.441. The van der Waals surface area contributed by atoms with Gasteiger partial charge < -0.3 is 9.84 Å². The number of hydrogen-bond acceptors (Lipinski definition) is 3. The summed E-state index contributed by atoms with van der Waals surface area (Å²) in [4.78, 5) is 0. The molecule has 0 fully saturated rings. The van der Waals surface area contributed by atoms with Crippen LogP contribution in [0, 0.1) is 17.2 Å². The molecule has 15 heavy (non-hydrogen) atoms. The number of benzene rings is 1. The van der Waals surface area contributed by atoms with Crippen LogP contribution in [0.1, 0.15) is 23.7 Å². The van der Waals surface area contributed by atoms with Crippen molar-refractivity contribution >= 4 is 0 Å². The molecule has 78 valence electrons. The second-order valence-electron chi connectivity index (χ2n) is 3.78. The lowest BCUT2D eigenvalue weighted by Gasteiger charge is -2.25. The first kappa shape index (κ1) is 10.0. The van der Waals surface area contributed by atoms with Gasteiger partial charge in [0.25, 0.3) is 0 Å². The van der Waals surface area contributed by atoms with Crippen LogP contribution in [0.15, 0.2) is 18.2 Å². The van der Waals surface area contributed by atoms with E-state index in [4.69, 9.17) is 10.00 Å². The number of fused-ring (bicyclic) bond motifs is 1. The zero-order valence-electron chi connectivity index (χ0n) is 8.60. The summed E-state index contributed by atoms with van der Waals surface area (Å²) >= 11 is 0. The normalized spacial score (nSPS) is 24.1. The largest absolute Gasteiger partial charge is 0.497 e. The molecule has 1 aromatic carbocycles. The topological polar surface area (TPSA) is 53.2 Å². The lowest BCUT2D eigenvalue weighted by atomic mass is 9.82. The van der Waals surface area contributed by atoms with E-state index in [1.165, 1.54) is 0 Å². The van der Waals surface area contributed by atoms with Crippen LogP contribution < -0.4 is 4.74 Å². The van der Waals surface area contributed by atoms with Crippen molar-refractivity contribution in [3.63, 3.8) is 0 Å². The predicted octanol–water partition coefficient (Wildman–Crippen LogP) is 1.81. The molecule has 0 aromatic heterocycles. The van der Waals surface area contributed by atoms with Gasteiger partial charge in [0.05, 0.1) is 25.2 Å². The smallest absolute Gasteiger partial charge is 0.119 e. The molecule has 0 unspecified atom stereocenters. The van der Waals surface area contributed by atoms with E-state index in [2.05, 4.69) is 6.07 Å². The maximum absolute atomic E-state index is 9.96. The van der Waals surface area contributed by atoms with Gasteiger partial charge in [-0.1, -0.05) is 6.07 Å². The van der Waals surface area contributed by atoms with E-state index in [1.54, 1.807) is 7.11 Å². The molecule has 2 rings (SSSR count). The summed E-state index contributed by atoms with van der Waals surface area (Å²) in [6, 6.07) is 7.81. The van der Waals surface area contributed by atoms with Crippen molar-refractivity contribution in [1.82, 2.24) is 0 Å². The van der Waals surface area contributed by atoms with Crippen LogP contribution in [-0.2, 0) is 6.42 Å². The molecule has 3 nitrogen and oxygen atoms in total. The number of nitriles is 1. The molecule has 3 heteroatoms. The van der Waals surface area contributed by atoms with Gasteiger partial charge in [0.15, 0.2) is 0 Å². The molecule has 0 amide bonds. The van der Waals surface area contributed by atoms with Crippen LogP contribution in [0.25, 0.3) is 0 Å². The van der Waals surface area contributed by atoms with Crippen LogP contribution >= 0.6 is 0 Å². The second kappa shape index (κ2) is 3.92. The average molecular weight is 203 g/mol. The van der Waals surface area contributed by atoms with Gasteiger partial charge in [-0.15, -0.1) is 0 Å². The van der Waals surface area contributed by atoms with Gasteiger partial charge in [0, 0.05) is 0 Å². The molecule has 0 saturated heterocycles. The predicted molar refractivity (Wildman–Crippen MR) is 55.4 cm³/mol. The third kappa shape index (κ3) is 1.69. The fourth-order valence-electron chi connectivity index (χ4n) is 2.02. The van der Waals surface area contributed by atoms with Gasteiger partial charge >= 0.3 is 0 Å². The first-order valence-corrected chi connectivity index (χ1v) is 5.00. The van der Waals surface area contributed by atoms with E-state index in [0.717, 1.165) is 29.7 Å². The second-order valence-corrected chi connectivity index (χ2v) is 3.78. The van der Waals surface area contributed by atoms with E-state index < -0.39 is 6.10 Å². The van der Waals surface area contributed by atoms with Crippen molar-refractivity contribution in [2.24, 2.45) is 5.92 Å². The summed E-state index contributed by atoms with van der Waals surface area (Å²) < 4.78 is 5.10. The molecule has 0 aliphatic heterocycles. The summed E-state index contributed by atoms with van der Waals surface area (Å²) in [7, 11) is 1.60. The molecule has 1 aliphatic carbocycles. The van der Waals surface area contributed by atoms with Gasteiger partial charge in [-0.2, -0.15) is 5.26 Å². The molecule has 1 aromatic rings. The molecule has 0 bridgehead atoms. The highest BCUT2D eigenvalue weighted by atomic mass is 16.5. The fourth-order valence-corrected chi connectivity index (χ4v) is 2.02. The zero-order chi connectivity index (χ0) is 10.8. The Hall–Kier alpha value is -1.53. The zero-order valence-corrected chi connectivity index (χ0v) is 8.60. The number of ether oxygens (including phenoxy) is 1. The molecular weight excluding hydrogens is 190 g/mol. The third-order valence-electron chi connectivity index (χ3n) is 2.94. The number of aryl methyl sites for hydroxylation is 1. The van der Waals surface area contributed by atoms with Crippen LogP contribution in [-0.4, -0.2) is 12.2 Å². The van der Waals surface area contributed by atoms with Gasteiger partial charge in [0.1, 0.15) is 5.75 Å². The van der Waals surface area contributed by atoms with E-state index in [-0.39, 0.29) is 5.92 Å². The maximum atomic E-state index is 9.96. The molecule has 0 saturated carbocycles. The first-order valence-electron chi connectivity index (χ1n) is 5.00. The van der Waals surface area contributed by atoms with Gasteiger partial charge in [0.2, 0.25) is 0 Å². The summed E-state index contributed by atoms with van der Waals surface area (Å²) in [5.41, 5.74) is 1.96. The van der Waals surface area contributed by atoms with Crippen LogP contribution in [0.4, 0.5) is 0 Å². The highest BCUT2D eigenvalue weighted by molar-refractivity contribution is 5.39. The molecule has 1 aliphatic rings. The van der Waals surface area contributed by atoms with Crippen molar-refractivity contribution in [2.75, 3.05) is 7.11 Å². The van der Waals surface area contributed by atoms with Gasteiger partial charge in [-0.05, 0) is 36.1 Å². The highest BCUT2D eigenvalue weighted by Gasteiger charge is 2.27. The Morgan fingerprint density at radius 2 is 2.33 bits per heavy atom. The minimum absolute atomic E-state index is 0.287. The number of hydrogen-bond donors (Lipinski definition) is 1. The Balaban J connectivity index is 2.41. The Bertz CT molecular complexity index is 409. The third-order valence-corrected chi connectivity index (χ3v) is 2.94. The quantitative estimate of drug-likeness (QED) is 0.757. The molecule has 2 atom stereocenters. The number of aliphatic hydroxyl groups excluding tert-OH is 1. The number of nitrogens with zero attached hydrogens (tertiary/aromatic N) is 1. The summed E-state index contributed by atoms with van der Waals surface area (Å²) in [6.45, 7) is 0. The Morgan fingerprint density at radius 1 is 1.53 bits per heavy atom.